The largest absolute Gasteiger partial charge is 0.497 e. The van der Waals surface area contributed by atoms with Crippen molar-refractivity contribution < 1.29 is 4.74 Å². The number of hydrogen-bond acceptors (Lipinski definition) is 3. The number of nitrogens with zero attached hydrogens (tertiary/aromatic N) is 1. The molecule has 3 nitrogen and oxygen atoms in total. The lowest BCUT2D eigenvalue weighted by Crippen LogP contribution is -2.56. The zero-order chi connectivity index (χ0) is 16.7. The maximum absolute atomic E-state index is 6.79. The van der Waals surface area contributed by atoms with Crippen LogP contribution in [0.25, 0.3) is 10.8 Å². The van der Waals surface area contributed by atoms with Crippen LogP contribution in [-0.2, 0) is 0 Å². The summed E-state index contributed by atoms with van der Waals surface area (Å²) in [5.74, 6) is 2.27. The van der Waals surface area contributed by atoms with Crippen LogP contribution >= 0.6 is 0 Å². The lowest BCUT2D eigenvalue weighted by molar-refractivity contribution is 0.00750. The first kappa shape index (κ1) is 15.7. The predicted octanol–water partition coefficient (Wildman–Crippen LogP) is 3.74. The molecule has 126 valence electrons. The summed E-state index contributed by atoms with van der Waals surface area (Å²) in [6.07, 6.45) is 4.60. The van der Waals surface area contributed by atoms with E-state index in [1.54, 1.807) is 7.11 Å². The highest BCUT2D eigenvalue weighted by Crippen LogP contribution is 2.41. The lowest BCUT2D eigenvalue weighted by Gasteiger charge is -2.51. The van der Waals surface area contributed by atoms with Crippen LogP contribution in [0.4, 0.5) is 0 Å². The van der Waals surface area contributed by atoms with Gasteiger partial charge >= 0.3 is 0 Å². The van der Waals surface area contributed by atoms with Crippen molar-refractivity contribution in [3.05, 3.63) is 54.6 Å². The van der Waals surface area contributed by atoms with Crippen LogP contribution in [0.3, 0.4) is 0 Å². The van der Waals surface area contributed by atoms with E-state index in [-0.39, 0.29) is 6.04 Å². The van der Waals surface area contributed by atoms with Crippen LogP contribution in [0.2, 0.25) is 0 Å². The van der Waals surface area contributed by atoms with Gasteiger partial charge in [-0.05, 0) is 59.7 Å². The Morgan fingerprint density at radius 3 is 2.92 bits per heavy atom. The molecule has 0 aromatic heterocycles. The maximum Gasteiger partial charge on any atom is 0.119 e. The van der Waals surface area contributed by atoms with Gasteiger partial charge < -0.3 is 10.5 Å². The molecule has 2 aromatic rings. The van der Waals surface area contributed by atoms with E-state index in [1.165, 1.54) is 35.7 Å². The second-order valence-electron chi connectivity index (χ2n) is 7.21. The third kappa shape index (κ3) is 2.52. The molecule has 3 aliphatic rings. The first-order valence-corrected chi connectivity index (χ1v) is 8.90. The van der Waals surface area contributed by atoms with Gasteiger partial charge in [-0.25, -0.2) is 0 Å². The number of nitrogens with two attached hydrogens (primary N) is 1. The summed E-state index contributed by atoms with van der Waals surface area (Å²) in [7, 11) is 1.71. The molecule has 0 radical (unpaired) electrons. The Hall–Kier alpha value is -1.84. The molecule has 5 atom stereocenters. The van der Waals surface area contributed by atoms with Gasteiger partial charge in [-0.3, -0.25) is 4.90 Å². The molecule has 2 bridgehead atoms. The molecular formula is C21H26N2O. The number of methoxy groups -OCH3 is 1. The van der Waals surface area contributed by atoms with Gasteiger partial charge in [0, 0.05) is 18.6 Å². The summed E-state index contributed by atoms with van der Waals surface area (Å²) in [5.41, 5.74) is 8.03. The minimum atomic E-state index is 0.0365. The Kier molecular flexibility index (Phi) is 4.07. The fraction of sp³-hybridized carbons (Fsp3) is 0.429. The summed E-state index contributed by atoms with van der Waals surface area (Å²) < 4.78 is 5.42. The summed E-state index contributed by atoms with van der Waals surface area (Å²) >= 11 is 0. The van der Waals surface area contributed by atoms with E-state index >= 15 is 0 Å². The zero-order valence-corrected chi connectivity index (χ0v) is 14.3. The normalized spacial score (nSPS) is 30.2. The molecule has 2 aromatic carbocycles. The van der Waals surface area contributed by atoms with Crippen LogP contribution in [0, 0.1) is 11.8 Å². The molecule has 0 spiro atoms. The van der Waals surface area contributed by atoms with E-state index in [2.05, 4.69) is 47.9 Å². The number of benzene rings is 2. The van der Waals surface area contributed by atoms with Crippen molar-refractivity contribution in [2.75, 3.05) is 20.2 Å². The highest BCUT2D eigenvalue weighted by atomic mass is 16.5. The molecule has 3 aliphatic heterocycles. The van der Waals surface area contributed by atoms with Crippen molar-refractivity contribution in [3.8, 4) is 5.75 Å². The Morgan fingerprint density at radius 2 is 2.21 bits per heavy atom. The van der Waals surface area contributed by atoms with Crippen molar-refractivity contribution in [1.82, 2.24) is 4.90 Å². The van der Waals surface area contributed by atoms with Crippen LogP contribution in [-0.4, -0.2) is 31.1 Å². The molecule has 3 fully saturated rings. The van der Waals surface area contributed by atoms with E-state index < -0.39 is 0 Å². The maximum atomic E-state index is 6.79. The van der Waals surface area contributed by atoms with Crippen LogP contribution < -0.4 is 10.5 Å². The topological polar surface area (TPSA) is 38.5 Å². The standard InChI is InChI=1S/C21H26N2O/c1-3-14-13-23-10-9-16(14)11-20(23)21(22)18-6-4-5-15-7-8-17(24-2)12-19(15)18/h3-8,12,14,16,20-21H,1,9-11,13,22H2,2H3/t14?,16?,20?,21-/m1/s1. The van der Waals surface area contributed by atoms with Gasteiger partial charge in [0.05, 0.1) is 7.11 Å². The van der Waals surface area contributed by atoms with E-state index in [0.717, 1.165) is 18.2 Å². The fourth-order valence-electron chi connectivity index (χ4n) is 4.65. The van der Waals surface area contributed by atoms with Gasteiger partial charge in [0.15, 0.2) is 0 Å². The predicted molar refractivity (Wildman–Crippen MR) is 99.2 cm³/mol. The number of rotatable bonds is 4. The summed E-state index contributed by atoms with van der Waals surface area (Å²) in [4.78, 5) is 2.58. The Labute approximate surface area is 144 Å². The minimum Gasteiger partial charge on any atom is -0.497 e. The Bertz CT molecular complexity index is 757. The summed E-state index contributed by atoms with van der Waals surface area (Å²) in [6, 6.07) is 13.2. The van der Waals surface area contributed by atoms with E-state index in [1.807, 2.05) is 6.07 Å². The molecule has 3 heterocycles. The highest BCUT2D eigenvalue weighted by Gasteiger charge is 2.41. The molecule has 3 saturated heterocycles. The molecule has 0 saturated carbocycles. The zero-order valence-electron chi connectivity index (χ0n) is 14.3. The second-order valence-corrected chi connectivity index (χ2v) is 7.21. The summed E-state index contributed by atoms with van der Waals surface area (Å²) in [5, 5.41) is 2.44. The lowest BCUT2D eigenvalue weighted by atomic mass is 9.73. The molecule has 0 amide bonds. The number of ether oxygens (including phenoxy) is 1. The van der Waals surface area contributed by atoms with E-state index in [0.29, 0.717) is 12.0 Å². The monoisotopic (exact) mass is 322 g/mol. The van der Waals surface area contributed by atoms with Crippen molar-refractivity contribution in [1.29, 1.82) is 0 Å². The van der Waals surface area contributed by atoms with Crippen molar-refractivity contribution in [2.45, 2.75) is 24.9 Å². The first-order valence-electron chi connectivity index (χ1n) is 8.90. The molecular weight excluding hydrogens is 296 g/mol. The molecule has 4 unspecified atom stereocenters. The highest BCUT2D eigenvalue weighted by molar-refractivity contribution is 5.87. The van der Waals surface area contributed by atoms with Crippen LogP contribution in [0.15, 0.2) is 49.1 Å². The van der Waals surface area contributed by atoms with Gasteiger partial charge in [0.2, 0.25) is 0 Å². The van der Waals surface area contributed by atoms with E-state index in [4.69, 9.17) is 10.5 Å². The average molecular weight is 322 g/mol. The Balaban J connectivity index is 1.69. The van der Waals surface area contributed by atoms with Gasteiger partial charge in [-0.1, -0.05) is 30.3 Å². The second kappa shape index (κ2) is 6.23. The molecule has 24 heavy (non-hydrogen) atoms. The van der Waals surface area contributed by atoms with Crippen molar-refractivity contribution in [3.63, 3.8) is 0 Å². The SMILES string of the molecule is C=CC1CN2CCC1CC2[C@H](N)c1cccc2ccc(OC)cc12. The third-order valence-electron chi connectivity index (χ3n) is 6.05. The third-order valence-corrected chi connectivity index (χ3v) is 6.05. The van der Waals surface area contributed by atoms with Crippen molar-refractivity contribution in [2.24, 2.45) is 17.6 Å². The molecule has 3 heteroatoms. The van der Waals surface area contributed by atoms with Crippen LogP contribution in [0.5, 0.6) is 5.75 Å². The number of piperidine rings is 3. The average Bonchev–Trinajstić information content (AvgIpc) is 2.66. The molecule has 5 rings (SSSR count). The number of hydrogen-bond donors (Lipinski definition) is 1. The molecule has 2 N–H and O–H groups in total. The fourth-order valence-corrected chi connectivity index (χ4v) is 4.65. The van der Waals surface area contributed by atoms with Crippen LogP contribution in [0.1, 0.15) is 24.4 Å². The van der Waals surface area contributed by atoms with E-state index in [9.17, 15) is 0 Å². The molecule has 0 aliphatic carbocycles. The quantitative estimate of drug-likeness (QED) is 0.871. The van der Waals surface area contributed by atoms with Gasteiger partial charge in [0.1, 0.15) is 5.75 Å². The van der Waals surface area contributed by atoms with Gasteiger partial charge in [-0.15, -0.1) is 6.58 Å². The Morgan fingerprint density at radius 1 is 1.33 bits per heavy atom. The minimum absolute atomic E-state index is 0.0365. The summed E-state index contributed by atoms with van der Waals surface area (Å²) in [6.45, 7) is 6.30. The smallest absolute Gasteiger partial charge is 0.119 e. The number of fused-ring (bicyclic) bond motifs is 4. The van der Waals surface area contributed by atoms with Gasteiger partial charge in [-0.2, -0.15) is 0 Å². The van der Waals surface area contributed by atoms with Gasteiger partial charge in [0.25, 0.3) is 0 Å². The first-order chi connectivity index (χ1) is 11.7. The van der Waals surface area contributed by atoms with Crippen molar-refractivity contribution >= 4 is 10.8 Å².